The van der Waals surface area contributed by atoms with Gasteiger partial charge in [0.15, 0.2) is 5.16 Å². The minimum Gasteiger partial charge on any atom is -0.230 e. The average molecular weight is 206 g/mol. The molecule has 14 heavy (non-hydrogen) atoms. The van der Waals surface area contributed by atoms with Crippen molar-refractivity contribution in [2.45, 2.75) is 37.6 Å². The van der Waals surface area contributed by atoms with Crippen molar-refractivity contribution in [3.8, 4) is 11.8 Å². The minimum atomic E-state index is 0.516. The molecule has 0 unspecified atom stereocenters. The van der Waals surface area contributed by atoms with Crippen LogP contribution in [0.25, 0.3) is 0 Å². The minimum absolute atomic E-state index is 0.516. The maximum absolute atomic E-state index is 4.22. The van der Waals surface area contributed by atoms with E-state index in [0.717, 1.165) is 17.1 Å². The fourth-order valence-corrected chi connectivity index (χ4v) is 1.49. The molecule has 1 heterocycles. The predicted molar refractivity (Wildman–Crippen MR) is 60.2 cm³/mol. The van der Waals surface area contributed by atoms with Crippen LogP contribution < -0.4 is 0 Å². The molecule has 0 spiro atoms. The first kappa shape index (κ1) is 11.1. The number of rotatable bonds is 2. The second kappa shape index (κ2) is 5.66. The van der Waals surface area contributed by atoms with Crippen molar-refractivity contribution in [1.82, 2.24) is 9.97 Å². The second-order valence-electron chi connectivity index (χ2n) is 3.08. The summed E-state index contributed by atoms with van der Waals surface area (Å²) in [5.41, 5.74) is 0.889. The molecule has 0 aliphatic heterocycles. The molecule has 74 valence electrons. The van der Waals surface area contributed by atoms with E-state index in [0.29, 0.717) is 5.25 Å². The van der Waals surface area contributed by atoms with E-state index in [9.17, 15) is 0 Å². The molecule has 0 aliphatic rings. The third-order valence-corrected chi connectivity index (χ3v) is 2.27. The van der Waals surface area contributed by atoms with Gasteiger partial charge in [-0.25, -0.2) is 9.97 Å². The summed E-state index contributed by atoms with van der Waals surface area (Å²) in [6.45, 7) is 6.27. The maximum atomic E-state index is 4.22. The van der Waals surface area contributed by atoms with Crippen molar-refractivity contribution in [3.63, 3.8) is 0 Å². The summed E-state index contributed by atoms with van der Waals surface area (Å²) in [6.07, 6.45) is 4.42. The Kier molecular flexibility index (Phi) is 4.48. The summed E-state index contributed by atoms with van der Waals surface area (Å²) in [6, 6.07) is 0. The Hall–Kier alpha value is -1.01. The summed E-state index contributed by atoms with van der Waals surface area (Å²) < 4.78 is 0. The van der Waals surface area contributed by atoms with Gasteiger partial charge in [-0.05, 0) is 0 Å². The van der Waals surface area contributed by atoms with E-state index in [1.807, 2.05) is 6.92 Å². The molecule has 3 heteroatoms. The zero-order chi connectivity index (χ0) is 10.4. The van der Waals surface area contributed by atoms with Crippen LogP contribution in [0.15, 0.2) is 17.6 Å². The van der Waals surface area contributed by atoms with Crippen molar-refractivity contribution in [1.29, 1.82) is 0 Å². The number of nitrogens with zero attached hydrogens (tertiary/aromatic N) is 2. The highest BCUT2D eigenvalue weighted by Gasteiger charge is 2.00. The zero-order valence-electron chi connectivity index (χ0n) is 8.74. The Bertz CT molecular complexity index is 333. The number of hydrogen-bond donors (Lipinski definition) is 0. The van der Waals surface area contributed by atoms with E-state index in [2.05, 4.69) is 35.7 Å². The van der Waals surface area contributed by atoms with Gasteiger partial charge in [0, 0.05) is 24.1 Å². The molecule has 0 atom stereocenters. The molecule has 0 amide bonds. The molecule has 1 aromatic rings. The van der Waals surface area contributed by atoms with E-state index in [1.165, 1.54) is 0 Å². The first-order valence-corrected chi connectivity index (χ1v) is 5.58. The Morgan fingerprint density at radius 3 is 2.50 bits per heavy atom. The van der Waals surface area contributed by atoms with Crippen molar-refractivity contribution in [2.75, 3.05) is 0 Å². The number of aromatic nitrogens is 2. The molecule has 0 saturated heterocycles. The highest BCUT2D eigenvalue weighted by atomic mass is 32.2. The first-order chi connectivity index (χ1) is 6.72. The van der Waals surface area contributed by atoms with E-state index in [4.69, 9.17) is 0 Å². The fraction of sp³-hybridized carbons (Fsp3) is 0.455. The number of thioether (sulfide) groups is 1. The average Bonchev–Trinajstić information content (AvgIpc) is 2.16. The van der Waals surface area contributed by atoms with Gasteiger partial charge in [0.2, 0.25) is 0 Å². The molecular formula is C11H14N2S. The van der Waals surface area contributed by atoms with E-state index >= 15 is 0 Å². The van der Waals surface area contributed by atoms with Crippen LogP contribution in [-0.4, -0.2) is 15.2 Å². The van der Waals surface area contributed by atoms with Crippen LogP contribution in [0.2, 0.25) is 0 Å². The molecule has 0 aliphatic carbocycles. The first-order valence-electron chi connectivity index (χ1n) is 4.70. The largest absolute Gasteiger partial charge is 0.230 e. The van der Waals surface area contributed by atoms with Crippen LogP contribution in [0.5, 0.6) is 0 Å². The van der Waals surface area contributed by atoms with Crippen LogP contribution in [0.4, 0.5) is 0 Å². The van der Waals surface area contributed by atoms with Gasteiger partial charge in [0.05, 0.1) is 5.56 Å². The topological polar surface area (TPSA) is 25.8 Å². The molecule has 0 aromatic carbocycles. The summed E-state index contributed by atoms with van der Waals surface area (Å²) in [5.74, 6) is 5.98. The highest BCUT2D eigenvalue weighted by molar-refractivity contribution is 7.99. The number of hydrogen-bond acceptors (Lipinski definition) is 3. The quantitative estimate of drug-likeness (QED) is 0.423. The van der Waals surface area contributed by atoms with Crippen molar-refractivity contribution >= 4 is 11.8 Å². The van der Waals surface area contributed by atoms with Gasteiger partial charge in [0.1, 0.15) is 0 Å². The lowest BCUT2D eigenvalue weighted by molar-refractivity contribution is 0.949. The SMILES string of the molecule is CCC#Cc1cnc(SC(C)C)nc1. The third-order valence-electron chi connectivity index (χ3n) is 1.38. The van der Waals surface area contributed by atoms with Crippen molar-refractivity contribution < 1.29 is 0 Å². The molecule has 2 nitrogen and oxygen atoms in total. The Morgan fingerprint density at radius 2 is 2.00 bits per heavy atom. The molecular weight excluding hydrogens is 192 g/mol. The summed E-state index contributed by atoms with van der Waals surface area (Å²) >= 11 is 1.66. The van der Waals surface area contributed by atoms with Gasteiger partial charge in [-0.3, -0.25) is 0 Å². The van der Waals surface area contributed by atoms with Gasteiger partial charge < -0.3 is 0 Å². The summed E-state index contributed by atoms with van der Waals surface area (Å²) in [5, 5.41) is 1.34. The smallest absolute Gasteiger partial charge is 0.187 e. The van der Waals surface area contributed by atoms with Crippen LogP contribution in [0.1, 0.15) is 32.8 Å². The van der Waals surface area contributed by atoms with E-state index in [-0.39, 0.29) is 0 Å². The van der Waals surface area contributed by atoms with E-state index in [1.54, 1.807) is 24.2 Å². The standard InChI is InChI=1S/C11H14N2S/c1-4-5-6-10-7-12-11(13-8-10)14-9(2)3/h7-9H,4H2,1-3H3. The van der Waals surface area contributed by atoms with Crippen molar-refractivity contribution in [3.05, 3.63) is 18.0 Å². The Morgan fingerprint density at radius 1 is 1.36 bits per heavy atom. The molecule has 0 radical (unpaired) electrons. The van der Waals surface area contributed by atoms with Gasteiger partial charge in [-0.15, -0.1) is 0 Å². The molecule has 0 bridgehead atoms. The normalized spacial score (nSPS) is 9.71. The van der Waals surface area contributed by atoms with Gasteiger partial charge in [0.25, 0.3) is 0 Å². The highest BCUT2D eigenvalue weighted by Crippen LogP contribution is 2.17. The molecule has 1 aromatic heterocycles. The fourth-order valence-electron chi connectivity index (χ4n) is 0.843. The molecule has 1 rings (SSSR count). The Labute approximate surface area is 89.5 Å². The van der Waals surface area contributed by atoms with Crippen LogP contribution in [0, 0.1) is 11.8 Å². The Balaban J connectivity index is 2.68. The lowest BCUT2D eigenvalue weighted by Crippen LogP contribution is -1.92. The molecule has 0 N–H and O–H groups in total. The summed E-state index contributed by atoms with van der Waals surface area (Å²) in [4.78, 5) is 8.44. The lowest BCUT2D eigenvalue weighted by Gasteiger charge is -2.01. The van der Waals surface area contributed by atoms with Crippen molar-refractivity contribution in [2.24, 2.45) is 0 Å². The van der Waals surface area contributed by atoms with Crippen LogP contribution in [0.3, 0.4) is 0 Å². The van der Waals surface area contributed by atoms with Crippen LogP contribution >= 0.6 is 11.8 Å². The molecule has 0 fully saturated rings. The summed E-state index contributed by atoms with van der Waals surface area (Å²) in [7, 11) is 0. The second-order valence-corrected chi connectivity index (χ2v) is 4.62. The predicted octanol–water partition coefficient (Wildman–Crippen LogP) is 2.74. The van der Waals surface area contributed by atoms with Gasteiger partial charge >= 0.3 is 0 Å². The van der Waals surface area contributed by atoms with Gasteiger partial charge in [-0.2, -0.15) is 0 Å². The molecule has 0 saturated carbocycles. The lowest BCUT2D eigenvalue weighted by atomic mass is 10.3. The maximum Gasteiger partial charge on any atom is 0.187 e. The van der Waals surface area contributed by atoms with Gasteiger partial charge in [-0.1, -0.05) is 44.4 Å². The monoisotopic (exact) mass is 206 g/mol. The third kappa shape index (κ3) is 3.80. The zero-order valence-corrected chi connectivity index (χ0v) is 9.56. The van der Waals surface area contributed by atoms with E-state index < -0.39 is 0 Å². The van der Waals surface area contributed by atoms with Crippen LogP contribution in [-0.2, 0) is 0 Å².